The van der Waals surface area contributed by atoms with Crippen molar-refractivity contribution < 1.29 is 9.53 Å². The highest BCUT2D eigenvalue weighted by Crippen LogP contribution is 2.15. The third kappa shape index (κ3) is 1.12. The molecular weight excluding hydrogens is 154 g/mol. The maximum atomic E-state index is 11.3. The van der Waals surface area contributed by atoms with Gasteiger partial charge in [0.2, 0.25) is 0 Å². The smallest absolute Gasteiger partial charge is 0.188 e. The molecule has 0 saturated heterocycles. The lowest BCUT2D eigenvalue weighted by Gasteiger charge is -2.14. The van der Waals surface area contributed by atoms with E-state index >= 15 is 0 Å². The third-order valence-electron chi connectivity index (χ3n) is 1.91. The van der Waals surface area contributed by atoms with Gasteiger partial charge in [0.25, 0.3) is 0 Å². The molecule has 12 heavy (non-hydrogen) atoms. The van der Waals surface area contributed by atoms with Gasteiger partial charge in [-0.2, -0.15) is 0 Å². The maximum absolute atomic E-state index is 11.3. The summed E-state index contributed by atoms with van der Waals surface area (Å²) in [6.45, 7) is 2.59. The van der Waals surface area contributed by atoms with Gasteiger partial charge >= 0.3 is 0 Å². The van der Waals surface area contributed by atoms with Gasteiger partial charge < -0.3 is 4.74 Å². The summed E-state index contributed by atoms with van der Waals surface area (Å²) in [7, 11) is 0. The van der Waals surface area contributed by atoms with Crippen LogP contribution in [0.1, 0.15) is 21.6 Å². The molecule has 1 aliphatic heterocycles. The van der Waals surface area contributed by atoms with Crippen molar-refractivity contribution in [2.75, 3.05) is 6.61 Å². The van der Waals surface area contributed by atoms with Crippen molar-refractivity contribution in [2.45, 2.75) is 13.5 Å². The molecule has 0 bridgehead atoms. The number of aromatic nitrogens is 1. The lowest BCUT2D eigenvalue weighted by Crippen LogP contribution is -2.18. The molecule has 0 unspecified atom stereocenters. The van der Waals surface area contributed by atoms with E-state index in [0.29, 0.717) is 6.61 Å². The largest absolute Gasteiger partial charge is 0.369 e. The fourth-order valence-electron chi connectivity index (χ4n) is 1.29. The Labute approximate surface area is 70.4 Å². The van der Waals surface area contributed by atoms with Gasteiger partial charge in [-0.05, 0) is 13.0 Å². The zero-order valence-corrected chi connectivity index (χ0v) is 6.83. The number of ketones is 1. The van der Waals surface area contributed by atoms with E-state index in [1.165, 1.54) is 0 Å². The monoisotopic (exact) mass is 163 g/mol. The first-order valence-corrected chi connectivity index (χ1v) is 3.84. The molecular formula is C9H9NO2. The molecule has 1 aliphatic rings. The van der Waals surface area contributed by atoms with Gasteiger partial charge in [-0.15, -0.1) is 0 Å². The van der Waals surface area contributed by atoms with Crippen LogP contribution in [-0.4, -0.2) is 17.4 Å². The van der Waals surface area contributed by atoms with Crippen molar-refractivity contribution >= 4 is 5.78 Å². The number of nitrogens with zero attached hydrogens (tertiary/aromatic N) is 1. The quantitative estimate of drug-likeness (QED) is 0.575. The first kappa shape index (κ1) is 7.43. The van der Waals surface area contributed by atoms with E-state index in [0.717, 1.165) is 16.8 Å². The molecule has 0 aliphatic carbocycles. The summed E-state index contributed by atoms with van der Waals surface area (Å²) in [4.78, 5) is 15.4. The van der Waals surface area contributed by atoms with E-state index in [4.69, 9.17) is 4.74 Å². The number of hydrogen-bond acceptors (Lipinski definition) is 3. The maximum Gasteiger partial charge on any atom is 0.188 e. The first-order chi connectivity index (χ1) is 5.77. The van der Waals surface area contributed by atoms with Crippen molar-refractivity contribution in [2.24, 2.45) is 0 Å². The van der Waals surface area contributed by atoms with Crippen LogP contribution >= 0.6 is 0 Å². The number of carbonyl (C=O) groups excluding carboxylic acids is 1. The fourth-order valence-corrected chi connectivity index (χ4v) is 1.29. The van der Waals surface area contributed by atoms with Crippen LogP contribution in [-0.2, 0) is 11.3 Å². The fraction of sp³-hybridized carbons (Fsp3) is 0.333. The first-order valence-electron chi connectivity index (χ1n) is 3.84. The summed E-state index contributed by atoms with van der Waals surface area (Å²) in [6.07, 6.45) is 1.71. The van der Waals surface area contributed by atoms with Gasteiger partial charge in [0.15, 0.2) is 5.78 Å². The molecule has 0 fully saturated rings. The van der Waals surface area contributed by atoms with Crippen molar-refractivity contribution in [1.29, 1.82) is 0 Å². The highest BCUT2D eigenvalue weighted by Gasteiger charge is 2.17. The molecule has 0 N–H and O–H groups in total. The Morgan fingerprint density at radius 1 is 1.50 bits per heavy atom. The normalized spacial score (nSPS) is 15.9. The van der Waals surface area contributed by atoms with E-state index in [1.807, 2.05) is 13.0 Å². The van der Waals surface area contributed by atoms with Crippen molar-refractivity contribution in [3.63, 3.8) is 0 Å². The number of pyridine rings is 1. The van der Waals surface area contributed by atoms with Gasteiger partial charge in [0.1, 0.15) is 6.61 Å². The van der Waals surface area contributed by atoms with Crippen LogP contribution in [0.4, 0.5) is 0 Å². The number of carbonyl (C=O) groups is 1. The van der Waals surface area contributed by atoms with E-state index in [1.54, 1.807) is 6.20 Å². The number of Topliss-reactive ketones (excluding diaryl/α,β-unsaturated/α-hetero) is 1. The molecule has 3 heteroatoms. The summed E-state index contributed by atoms with van der Waals surface area (Å²) in [5, 5.41) is 0. The van der Waals surface area contributed by atoms with Crippen LogP contribution in [0.15, 0.2) is 12.3 Å². The van der Waals surface area contributed by atoms with Gasteiger partial charge in [0, 0.05) is 23.0 Å². The molecule has 0 radical (unpaired) electrons. The van der Waals surface area contributed by atoms with Gasteiger partial charge in [0.05, 0.1) is 6.61 Å². The van der Waals surface area contributed by atoms with Crippen LogP contribution in [0.3, 0.4) is 0 Å². The summed E-state index contributed by atoms with van der Waals surface area (Å²) >= 11 is 0. The second-order valence-electron chi connectivity index (χ2n) is 2.90. The summed E-state index contributed by atoms with van der Waals surface area (Å²) < 4.78 is 5.06. The summed E-state index contributed by atoms with van der Waals surface area (Å²) in [5.74, 6) is 0.0572. The highest BCUT2D eigenvalue weighted by atomic mass is 16.5. The minimum absolute atomic E-state index is 0.0572. The Balaban J connectivity index is 2.54. The minimum atomic E-state index is 0.0572. The second kappa shape index (κ2) is 2.68. The molecule has 0 amide bonds. The molecule has 2 heterocycles. The Bertz CT molecular complexity index is 333. The molecule has 1 aromatic heterocycles. The summed E-state index contributed by atoms with van der Waals surface area (Å²) in [6, 6.07) is 1.82. The predicted octanol–water partition coefficient (Wildman–Crippen LogP) is 1.10. The van der Waals surface area contributed by atoms with E-state index in [-0.39, 0.29) is 12.4 Å². The van der Waals surface area contributed by atoms with Crippen molar-refractivity contribution in [3.8, 4) is 0 Å². The third-order valence-corrected chi connectivity index (χ3v) is 1.91. The Morgan fingerprint density at radius 2 is 2.33 bits per heavy atom. The van der Waals surface area contributed by atoms with Crippen LogP contribution in [0.5, 0.6) is 0 Å². The molecule has 0 saturated carbocycles. The Hall–Kier alpha value is -1.22. The van der Waals surface area contributed by atoms with Crippen LogP contribution in [0, 0.1) is 6.92 Å². The lowest BCUT2D eigenvalue weighted by atomic mass is 10.0. The number of hydrogen-bond donors (Lipinski definition) is 0. The van der Waals surface area contributed by atoms with Crippen molar-refractivity contribution in [1.82, 2.24) is 4.98 Å². The van der Waals surface area contributed by atoms with E-state index in [9.17, 15) is 4.79 Å². The molecule has 0 aromatic carbocycles. The molecule has 3 nitrogen and oxygen atoms in total. The number of aryl methyl sites for hydroxylation is 1. The highest BCUT2D eigenvalue weighted by molar-refractivity contribution is 5.99. The molecule has 2 rings (SSSR count). The number of fused-ring (bicyclic) bond motifs is 1. The van der Waals surface area contributed by atoms with Gasteiger partial charge in [-0.3, -0.25) is 9.78 Å². The van der Waals surface area contributed by atoms with Crippen LogP contribution in [0.25, 0.3) is 0 Å². The van der Waals surface area contributed by atoms with Crippen LogP contribution < -0.4 is 0 Å². The average molecular weight is 163 g/mol. The van der Waals surface area contributed by atoms with Gasteiger partial charge in [-0.1, -0.05) is 0 Å². The second-order valence-corrected chi connectivity index (χ2v) is 2.90. The predicted molar refractivity (Wildman–Crippen MR) is 43.0 cm³/mol. The molecule has 1 aromatic rings. The Kier molecular flexibility index (Phi) is 1.66. The number of ether oxygens (including phenoxy) is 1. The minimum Gasteiger partial charge on any atom is -0.369 e. The topological polar surface area (TPSA) is 39.2 Å². The standard InChI is InChI=1S/C9H9NO2/c1-6-2-8-7(3-10-6)4-12-5-9(8)11/h2-3H,4-5H2,1H3. The van der Waals surface area contributed by atoms with E-state index < -0.39 is 0 Å². The average Bonchev–Trinajstić information content (AvgIpc) is 2.07. The Morgan fingerprint density at radius 3 is 3.17 bits per heavy atom. The molecule has 0 spiro atoms. The molecule has 62 valence electrons. The van der Waals surface area contributed by atoms with E-state index in [2.05, 4.69) is 4.98 Å². The zero-order chi connectivity index (χ0) is 8.55. The van der Waals surface area contributed by atoms with Gasteiger partial charge in [-0.25, -0.2) is 0 Å². The SMILES string of the molecule is Cc1cc2c(cn1)COCC2=O. The molecule has 0 atom stereocenters. The summed E-state index contributed by atoms with van der Waals surface area (Å²) in [5.41, 5.74) is 2.55. The lowest BCUT2D eigenvalue weighted by molar-refractivity contribution is 0.0664. The number of rotatable bonds is 0. The van der Waals surface area contributed by atoms with Crippen LogP contribution in [0.2, 0.25) is 0 Å². The zero-order valence-electron chi connectivity index (χ0n) is 6.83. The van der Waals surface area contributed by atoms with Crippen molar-refractivity contribution in [3.05, 3.63) is 29.1 Å².